The third-order valence-corrected chi connectivity index (χ3v) is 5.36. The van der Waals surface area contributed by atoms with Gasteiger partial charge in [0.25, 0.3) is 5.91 Å². The Bertz CT molecular complexity index is 1130. The number of nitrogens with zero attached hydrogens (tertiary/aromatic N) is 2. The van der Waals surface area contributed by atoms with Gasteiger partial charge in [-0.15, -0.1) is 0 Å². The zero-order chi connectivity index (χ0) is 21.6. The van der Waals surface area contributed by atoms with E-state index >= 15 is 0 Å². The fraction of sp³-hybridized carbons (Fsp3) is 0.200. The molecule has 2 aromatic carbocycles. The number of hydrogen-bond acceptors (Lipinski definition) is 3. The van der Waals surface area contributed by atoms with E-state index in [2.05, 4.69) is 25.9 Å². The number of H-pyrrole nitrogens is 1. The van der Waals surface area contributed by atoms with E-state index < -0.39 is 29.6 Å². The van der Waals surface area contributed by atoms with Gasteiger partial charge in [-0.2, -0.15) is 13.2 Å². The van der Waals surface area contributed by atoms with E-state index in [-0.39, 0.29) is 23.7 Å². The minimum Gasteiger partial charge on any atom is -0.496 e. The Morgan fingerprint density at radius 3 is 2.67 bits per heavy atom. The maximum absolute atomic E-state index is 14.1. The van der Waals surface area contributed by atoms with E-state index in [1.165, 1.54) is 24.1 Å². The Kier molecular flexibility index (Phi) is 5.05. The standard InChI is InChI=1S/C20H14BrF4N3O2/c1-30-15-5-4-12(22)7-14(15)17(18-26-8-16(27-18)20(23,24)25)28-9-10-2-3-11(21)6-13(10)19(28)29/h2-8,17H,9H2,1H3,(H,26,27). The van der Waals surface area contributed by atoms with Crippen molar-refractivity contribution in [3.05, 3.63) is 81.1 Å². The first kappa shape index (κ1) is 20.4. The molecule has 1 atom stereocenters. The number of amides is 1. The maximum Gasteiger partial charge on any atom is 0.432 e. The fourth-order valence-corrected chi connectivity index (χ4v) is 3.87. The zero-order valence-electron chi connectivity index (χ0n) is 15.4. The number of fused-ring (bicyclic) bond motifs is 1. The van der Waals surface area contributed by atoms with E-state index in [9.17, 15) is 22.4 Å². The Labute approximate surface area is 176 Å². The molecule has 30 heavy (non-hydrogen) atoms. The second-order valence-corrected chi connectivity index (χ2v) is 7.62. The second-order valence-electron chi connectivity index (χ2n) is 6.70. The molecule has 3 aromatic rings. The second kappa shape index (κ2) is 7.42. The smallest absolute Gasteiger partial charge is 0.432 e. The zero-order valence-corrected chi connectivity index (χ0v) is 17.0. The number of ether oxygens (including phenoxy) is 1. The molecule has 156 valence electrons. The van der Waals surface area contributed by atoms with Crippen LogP contribution in [0.2, 0.25) is 0 Å². The molecule has 1 N–H and O–H groups in total. The average Bonchev–Trinajstić information content (AvgIpc) is 3.29. The van der Waals surface area contributed by atoms with Gasteiger partial charge < -0.3 is 14.6 Å². The number of alkyl halides is 3. The third-order valence-electron chi connectivity index (χ3n) is 4.86. The van der Waals surface area contributed by atoms with Crippen molar-refractivity contribution in [2.24, 2.45) is 0 Å². The summed E-state index contributed by atoms with van der Waals surface area (Å²) >= 11 is 3.31. The Morgan fingerprint density at radius 2 is 2.00 bits per heavy atom. The summed E-state index contributed by atoms with van der Waals surface area (Å²) in [7, 11) is 1.36. The van der Waals surface area contributed by atoms with Gasteiger partial charge in [-0.25, -0.2) is 9.37 Å². The first-order valence-corrected chi connectivity index (χ1v) is 9.53. The van der Waals surface area contributed by atoms with Crippen LogP contribution in [0, 0.1) is 5.82 Å². The number of rotatable bonds is 4. The van der Waals surface area contributed by atoms with E-state index in [1.54, 1.807) is 18.2 Å². The minimum atomic E-state index is -4.65. The van der Waals surface area contributed by atoms with Crippen LogP contribution in [0.4, 0.5) is 17.6 Å². The van der Waals surface area contributed by atoms with Gasteiger partial charge in [0.05, 0.1) is 13.3 Å². The molecule has 0 saturated carbocycles. The van der Waals surface area contributed by atoms with Gasteiger partial charge >= 0.3 is 6.18 Å². The number of halogens is 5. The fourth-order valence-electron chi connectivity index (χ4n) is 3.51. The summed E-state index contributed by atoms with van der Waals surface area (Å²) in [6, 6.07) is 7.69. The van der Waals surface area contributed by atoms with Crippen LogP contribution in [-0.2, 0) is 12.7 Å². The van der Waals surface area contributed by atoms with E-state index in [0.29, 0.717) is 21.8 Å². The summed E-state index contributed by atoms with van der Waals surface area (Å²) in [5.74, 6) is -0.958. The summed E-state index contributed by atoms with van der Waals surface area (Å²) in [5.41, 5.74) is 0.226. The van der Waals surface area contributed by atoms with Crippen molar-refractivity contribution < 1.29 is 27.1 Å². The summed E-state index contributed by atoms with van der Waals surface area (Å²) in [4.78, 5) is 20.6. The predicted octanol–water partition coefficient (Wildman–Crippen LogP) is 5.08. The highest BCUT2D eigenvalue weighted by Crippen LogP contribution is 2.40. The van der Waals surface area contributed by atoms with Gasteiger partial charge in [0.2, 0.25) is 0 Å². The first-order valence-electron chi connectivity index (χ1n) is 8.74. The lowest BCUT2D eigenvalue weighted by atomic mass is 10.0. The molecule has 1 aliphatic rings. The largest absolute Gasteiger partial charge is 0.496 e. The molecule has 0 spiro atoms. The molecule has 0 radical (unpaired) electrons. The van der Waals surface area contributed by atoms with Gasteiger partial charge in [-0.3, -0.25) is 4.79 Å². The Balaban J connectivity index is 1.87. The van der Waals surface area contributed by atoms with Gasteiger partial charge in [0.1, 0.15) is 29.1 Å². The lowest BCUT2D eigenvalue weighted by molar-refractivity contribution is -0.141. The highest BCUT2D eigenvalue weighted by molar-refractivity contribution is 9.10. The van der Waals surface area contributed by atoms with Crippen molar-refractivity contribution in [2.45, 2.75) is 18.8 Å². The number of carbonyl (C=O) groups excluding carboxylic acids is 1. The van der Waals surface area contributed by atoms with Crippen LogP contribution in [0.1, 0.15) is 39.0 Å². The topological polar surface area (TPSA) is 58.2 Å². The lowest BCUT2D eigenvalue weighted by Crippen LogP contribution is -2.31. The van der Waals surface area contributed by atoms with E-state index in [0.717, 1.165) is 6.07 Å². The molecular weight excluding hydrogens is 470 g/mol. The number of aromatic amines is 1. The number of imidazole rings is 1. The average molecular weight is 484 g/mol. The van der Waals surface area contributed by atoms with Crippen LogP contribution in [0.25, 0.3) is 0 Å². The quantitative estimate of drug-likeness (QED) is 0.526. The highest BCUT2D eigenvalue weighted by atomic mass is 79.9. The molecule has 0 fully saturated rings. The van der Waals surface area contributed by atoms with Gasteiger partial charge in [0.15, 0.2) is 0 Å². The van der Waals surface area contributed by atoms with Crippen molar-refractivity contribution in [1.82, 2.24) is 14.9 Å². The number of benzene rings is 2. The van der Waals surface area contributed by atoms with Crippen LogP contribution in [0.5, 0.6) is 5.75 Å². The highest BCUT2D eigenvalue weighted by Gasteiger charge is 2.39. The van der Waals surface area contributed by atoms with E-state index in [1.807, 2.05) is 0 Å². The summed E-state index contributed by atoms with van der Waals surface area (Å²) in [6.07, 6.45) is -4.00. The number of carbonyl (C=O) groups is 1. The normalized spacial score (nSPS) is 14.7. The first-order chi connectivity index (χ1) is 14.2. The molecule has 4 rings (SSSR count). The molecule has 0 bridgehead atoms. The Hall–Kier alpha value is -2.88. The van der Waals surface area contributed by atoms with Crippen LogP contribution >= 0.6 is 15.9 Å². The van der Waals surface area contributed by atoms with Gasteiger partial charge in [-0.1, -0.05) is 22.0 Å². The Morgan fingerprint density at radius 1 is 1.23 bits per heavy atom. The lowest BCUT2D eigenvalue weighted by Gasteiger charge is -2.28. The van der Waals surface area contributed by atoms with Crippen LogP contribution in [0.3, 0.4) is 0 Å². The van der Waals surface area contributed by atoms with Crippen molar-refractivity contribution in [1.29, 1.82) is 0 Å². The van der Waals surface area contributed by atoms with Gasteiger partial charge in [-0.05, 0) is 35.9 Å². The molecular formula is C20H14BrF4N3O2. The molecule has 1 unspecified atom stereocenters. The molecule has 10 heteroatoms. The monoisotopic (exact) mass is 483 g/mol. The molecule has 1 aliphatic heterocycles. The van der Waals surface area contributed by atoms with Crippen molar-refractivity contribution in [2.75, 3.05) is 7.11 Å². The number of aromatic nitrogens is 2. The SMILES string of the molecule is COc1ccc(F)cc1C(c1ncc(C(F)(F)F)[nH]1)N1Cc2ccc(Br)cc2C1=O. The summed E-state index contributed by atoms with van der Waals surface area (Å²) in [5, 5.41) is 0. The summed E-state index contributed by atoms with van der Waals surface area (Å²) < 4.78 is 59.5. The number of hydrogen-bond donors (Lipinski definition) is 1. The van der Waals surface area contributed by atoms with Crippen molar-refractivity contribution >= 4 is 21.8 Å². The third kappa shape index (κ3) is 3.55. The number of methoxy groups -OCH3 is 1. The minimum absolute atomic E-state index is 0.119. The van der Waals surface area contributed by atoms with Gasteiger partial charge in [0, 0.05) is 22.1 Å². The maximum atomic E-state index is 14.1. The van der Waals surface area contributed by atoms with E-state index in [4.69, 9.17) is 4.74 Å². The van der Waals surface area contributed by atoms with Crippen LogP contribution in [-0.4, -0.2) is 27.9 Å². The number of nitrogens with one attached hydrogen (secondary N) is 1. The van der Waals surface area contributed by atoms with Crippen LogP contribution in [0.15, 0.2) is 47.1 Å². The molecule has 0 saturated heterocycles. The van der Waals surface area contributed by atoms with Crippen molar-refractivity contribution in [3.63, 3.8) is 0 Å². The molecule has 2 heterocycles. The molecule has 0 aliphatic carbocycles. The molecule has 1 amide bonds. The summed E-state index contributed by atoms with van der Waals surface area (Å²) in [6.45, 7) is 0.119. The molecule has 1 aromatic heterocycles. The van der Waals surface area contributed by atoms with Crippen molar-refractivity contribution in [3.8, 4) is 5.75 Å². The van der Waals surface area contributed by atoms with Crippen LogP contribution < -0.4 is 4.74 Å². The predicted molar refractivity (Wildman–Crippen MR) is 102 cm³/mol. The molecule has 5 nitrogen and oxygen atoms in total.